The second-order valence-electron chi connectivity index (χ2n) is 3.05. The van der Waals surface area contributed by atoms with E-state index in [4.69, 9.17) is 10.8 Å². The van der Waals surface area contributed by atoms with Gasteiger partial charge in [-0.3, -0.25) is 0 Å². The van der Waals surface area contributed by atoms with E-state index < -0.39 is 23.6 Å². The zero-order chi connectivity index (χ0) is 13.9. The molecule has 0 atom stereocenters. The predicted octanol–water partition coefficient (Wildman–Crippen LogP) is 1.94. The Kier molecular flexibility index (Phi) is 3.96. The van der Waals surface area contributed by atoms with Crippen LogP contribution in [0.25, 0.3) is 0 Å². The van der Waals surface area contributed by atoms with Crippen LogP contribution in [0.15, 0.2) is 18.2 Å². The lowest BCUT2D eigenvalue weighted by atomic mass is 10.1. The number of rotatable bonds is 3. The Morgan fingerprint density at radius 2 is 2.06 bits per heavy atom. The maximum absolute atomic E-state index is 12.0. The zero-order valence-electron chi connectivity index (χ0n) is 8.62. The SMILES string of the molecule is NC(=S)Nc1ccc(OC(F)(F)F)cc1C(=O)O. The Morgan fingerprint density at radius 3 is 2.50 bits per heavy atom. The third kappa shape index (κ3) is 4.09. The van der Waals surface area contributed by atoms with Gasteiger partial charge in [0.1, 0.15) is 5.75 Å². The summed E-state index contributed by atoms with van der Waals surface area (Å²) in [5.74, 6) is -2.09. The number of nitrogens with two attached hydrogens (primary N) is 1. The highest BCUT2D eigenvalue weighted by Crippen LogP contribution is 2.27. The van der Waals surface area contributed by atoms with E-state index in [1.165, 1.54) is 0 Å². The molecule has 9 heteroatoms. The number of hydrogen-bond donors (Lipinski definition) is 3. The van der Waals surface area contributed by atoms with Crippen molar-refractivity contribution in [2.45, 2.75) is 6.36 Å². The van der Waals surface area contributed by atoms with Crippen LogP contribution in [0.5, 0.6) is 5.75 Å². The van der Waals surface area contributed by atoms with Crippen LogP contribution in [0.1, 0.15) is 10.4 Å². The molecule has 1 aromatic rings. The summed E-state index contributed by atoms with van der Waals surface area (Å²) in [6.07, 6.45) is -4.89. The molecule has 1 aromatic carbocycles. The first kappa shape index (κ1) is 14.0. The first-order valence-electron chi connectivity index (χ1n) is 4.38. The maximum Gasteiger partial charge on any atom is 0.573 e. The molecule has 18 heavy (non-hydrogen) atoms. The van der Waals surface area contributed by atoms with Crippen molar-refractivity contribution in [1.82, 2.24) is 0 Å². The number of hydrogen-bond acceptors (Lipinski definition) is 3. The normalized spacial score (nSPS) is 10.8. The maximum atomic E-state index is 12.0. The number of carboxylic acid groups (broad SMARTS) is 1. The van der Waals surface area contributed by atoms with Crippen molar-refractivity contribution in [3.05, 3.63) is 23.8 Å². The van der Waals surface area contributed by atoms with Crippen molar-refractivity contribution < 1.29 is 27.8 Å². The summed E-state index contributed by atoms with van der Waals surface area (Å²) in [4.78, 5) is 10.9. The van der Waals surface area contributed by atoms with Crippen LogP contribution in [-0.4, -0.2) is 22.6 Å². The molecule has 5 nitrogen and oxygen atoms in total. The minimum absolute atomic E-state index is 0.0236. The first-order valence-corrected chi connectivity index (χ1v) is 4.79. The highest BCUT2D eigenvalue weighted by molar-refractivity contribution is 7.80. The number of anilines is 1. The molecule has 0 heterocycles. The van der Waals surface area contributed by atoms with Gasteiger partial charge in [-0.15, -0.1) is 13.2 Å². The molecular weight excluding hydrogens is 273 g/mol. The molecule has 0 bridgehead atoms. The Bertz CT molecular complexity index is 490. The van der Waals surface area contributed by atoms with Crippen molar-refractivity contribution in [2.24, 2.45) is 5.73 Å². The van der Waals surface area contributed by atoms with Gasteiger partial charge >= 0.3 is 12.3 Å². The van der Waals surface area contributed by atoms with Crippen molar-refractivity contribution in [3.63, 3.8) is 0 Å². The van der Waals surface area contributed by atoms with Gasteiger partial charge in [-0.25, -0.2) is 4.79 Å². The number of aromatic carboxylic acids is 1. The van der Waals surface area contributed by atoms with Crippen LogP contribution in [0.3, 0.4) is 0 Å². The van der Waals surface area contributed by atoms with Crippen LogP contribution in [0.4, 0.5) is 18.9 Å². The number of nitrogens with one attached hydrogen (secondary N) is 1. The van der Waals surface area contributed by atoms with Gasteiger partial charge in [0.15, 0.2) is 5.11 Å². The Labute approximate surface area is 104 Å². The minimum atomic E-state index is -4.89. The molecule has 0 aromatic heterocycles. The zero-order valence-corrected chi connectivity index (χ0v) is 9.43. The number of alkyl halides is 3. The number of carboxylic acids is 1. The van der Waals surface area contributed by atoms with Gasteiger partial charge < -0.3 is 20.9 Å². The van der Waals surface area contributed by atoms with Crippen molar-refractivity contribution >= 4 is 29.0 Å². The third-order valence-corrected chi connectivity index (χ3v) is 1.81. The van der Waals surface area contributed by atoms with Crippen molar-refractivity contribution in [3.8, 4) is 5.75 Å². The topological polar surface area (TPSA) is 84.6 Å². The molecule has 0 aliphatic rings. The second-order valence-corrected chi connectivity index (χ2v) is 3.49. The van der Waals surface area contributed by atoms with Crippen LogP contribution < -0.4 is 15.8 Å². The van der Waals surface area contributed by atoms with E-state index in [2.05, 4.69) is 22.3 Å². The van der Waals surface area contributed by atoms with E-state index >= 15 is 0 Å². The van der Waals surface area contributed by atoms with Crippen molar-refractivity contribution in [1.29, 1.82) is 0 Å². The van der Waals surface area contributed by atoms with Gasteiger partial charge in [-0.05, 0) is 30.4 Å². The van der Waals surface area contributed by atoms with E-state index in [-0.39, 0.29) is 10.8 Å². The Morgan fingerprint density at radius 1 is 1.44 bits per heavy atom. The van der Waals surface area contributed by atoms with Crippen LogP contribution in [0.2, 0.25) is 0 Å². The molecule has 0 spiro atoms. The highest BCUT2D eigenvalue weighted by atomic mass is 32.1. The van der Waals surface area contributed by atoms with Crippen LogP contribution in [0, 0.1) is 0 Å². The summed E-state index contributed by atoms with van der Waals surface area (Å²) in [6.45, 7) is 0. The number of halogens is 3. The third-order valence-electron chi connectivity index (χ3n) is 1.71. The van der Waals surface area contributed by atoms with E-state index in [9.17, 15) is 18.0 Å². The van der Waals surface area contributed by atoms with Crippen molar-refractivity contribution in [2.75, 3.05) is 5.32 Å². The van der Waals surface area contributed by atoms with E-state index in [0.29, 0.717) is 0 Å². The second kappa shape index (κ2) is 5.08. The average molecular weight is 280 g/mol. The fourth-order valence-corrected chi connectivity index (χ4v) is 1.25. The quantitative estimate of drug-likeness (QED) is 0.734. The summed E-state index contributed by atoms with van der Waals surface area (Å²) in [6, 6.07) is 2.74. The van der Waals surface area contributed by atoms with Crippen LogP contribution in [-0.2, 0) is 0 Å². The fraction of sp³-hybridized carbons (Fsp3) is 0.111. The smallest absolute Gasteiger partial charge is 0.478 e. The largest absolute Gasteiger partial charge is 0.573 e. The summed E-state index contributed by atoms with van der Waals surface area (Å²) in [7, 11) is 0. The van der Waals surface area contributed by atoms with Crippen LogP contribution >= 0.6 is 12.2 Å². The summed E-state index contributed by atoms with van der Waals surface area (Å²) in [5, 5.41) is 11.0. The number of thiocarbonyl (C=S) groups is 1. The molecule has 0 aliphatic carbocycles. The summed E-state index contributed by atoms with van der Waals surface area (Å²) >= 11 is 4.51. The molecule has 0 aliphatic heterocycles. The first-order chi connectivity index (χ1) is 8.19. The average Bonchev–Trinajstić information content (AvgIpc) is 2.17. The summed E-state index contributed by atoms with van der Waals surface area (Å²) < 4.78 is 39.5. The molecule has 0 saturated carbocycles. The fourth-order valence-electron chi connectivity index (χ4n) is 1.14. The number of benzene rings is 1. The standard InChI is InChI=1S/C9H7F3N2O3S/c10-9(11,12)17-4-1-2-6(14-8(13)18)5(3-4)7(15)16/h1-3H,(H,15,16)(H3,13,14,18). The molecule has 98 valence electrons. The van der Waals surface area contributed by atoms with E-state index in [1.807, 2.05) is 0 Å². The summed E-state index contributed by atoms with van der Waals surface area (Å²) in [5.41, 5.74) is 4.69. The molecule has 4 N–H and O–H groups in total. The number of ether oxygens (including phenoxy) is 1. The van der Waals surface area contributed by atoms with Gasteiger partial charge in [0.05, 0.1) is 11.3 Å². The van der Waals surface area contributed by atoms with Gasteiger partial charge in [0.25, 0.3) is 0 Å². The molecule has 0 unspecified atom stereocenters. The van der Waals surface area contributed by atoms with E-state index in [1.54, 1.807) is 0 Å². The van der Waals surface area contributed by atoms with Gasteiger partial charge in [0, 0.05) is 0 Å². The van der Waals surface area contributed by atoms with E-state index in [0.717, 1.165) is 18.2 Å². The Balaban J connectivity index is 3.11. The molecule has 0 fully saturated rings. The van der Waals surface area contributed by atoms with Gasteiger partial charge in [0.2, 0.25) is 0 Å². The molecule has 0 amide bonds. The monoisotopic (exact) mass is 280 g/mol. The lowest BCUT2D eigenvalue weighted by Gasteiger charge is -2.12. The molecular formula is C9H7F3N2O3S. The predicted molar refractivity (Wildman–Crippen MR) is 60.5 cm³/mol. The van der Waals surface area contributed by atoms with Gasteiger partial charge in [-0.1, -0.05) is 0 Å². The Hall–Kier alpha value is -2.03. The lowest BCUT2D eigenvalue weighted by Crippen LogP contribution is -2.21. The highest BCUT2D eigenvalue weighted by Gasteiger charge is 2.31. The minimum Gasteiger partial charge on any atom is -0.478 e. The number of carbonyl (C=O) groups is 1. The lowest BCUT2D eigenvalue weighted by molar-refractivity contribution is -0.274. The molecule has 0 radical (unpaired) electrons. The van der Waals surface area contributed by atoms with Gasteiger partial charge in [-0.2, -0.15) is 0 Å². The molecule has 1 rings (SSSR count). The molecule has 0 saturated heterocycles.